The molecule has 3 N–H and O–H groups in total. The highest BCUT2D eigenvalue weighted by Gasteiger charge is 2.35. The normalized spacial score (nSPS) is 14.5. The molecule has 1 fully saturated rings. The van der Waals surface area contributed by atoms with Gasteiger partial charge in [-0.05, 0) is 55.0 Å². The van der Waals surface area contributed by atoms with Crippen molar-refractivity contribution in [3.8, 4) is 10.4 Å². The molecule has 0 atom stereocenters. The molecule has 4 rings (SSSR count). The van der Waals surface area contributed by atoms with Crippen LogP contribution in [-0.2, 0) is 9.59 Å². The van der Waals surface area contributed by atoms with Gasteiger partial charge in [0, 0.05) is 15.4 Å². The van der Waals surface area contributed by atoms with Gasteiger partial charge >= 0.3 is 12.0 Å². The van der Waals surface area contributed by atoms with E-state index < -0.39 is 30.4 Å². The summed E-state index contributed by atoms with van der Waals surface area (Å²) < 4.78 is 0. The Hall–Kier alpha value is -4.24. The summed E-state index contributed by atoms with van der Waals surface area (Å²) >= 11 is 1.34. The van der Waals surface area contributed by atoms with Gasteiger partial charge in [-0.15, -0.1) is 11.3 Å². The predicted molar refractivity (Wildman–Crippen MR) is 125 cm³/mol. The minimum absolute atomic E-state index is 0.0656. The second kappa shape index (κ2) is 9.09. The maximum Gasteiger partial charge on any atom is 0.335 e. The molecular weight excluding hydrogens is 442 g/mol. The quantitative estimate of drug-likeness (QED) is 0.380. The minimum atomic E-state index is -1.01. The number of anilines is 1. The largest absolute Gasteiger partial charge is 0.478 e. The molecule has 0 aliphatic carbocycles. The smallest absolute Gasteiger partial charge is 0.335 e. The average Bonchev–Trinajstić information content (AvgIpc) is 3.36. The van der Waals surface area contributed by atoms with Gasteiger partial charge in [-0.1, -0.05) is 29.8 Å². The summed E-state index contributed by atoms with van der Waals surface area (Å²) in [6.45, 7) is 1.52. The van der Waals surface area contributed by atoms with Gasteiger partial charge in [0.15, 0.2) is 0 Å². The Balaban J connectivity index is 1.45. The summed E-state index contributed by atoms with van der Waals surface area (Å²) in [7, 11) is 0. The number of hydrogen-bond donors (Lipinski definition) is 3. The van der Waals surface area contributed by atoms with Crippen molar-refractivity contribution in [1.29, 1.82) is 0 Å². The van der Waals surface area contributed by atoms with Crippen LogP contribution in [-0.4, -0.2) is 40.4 Å². The van der Waals surface area contributed by atoms with Crippen LogP contribution in [0.1, 0.15) is 20.8 Å². The third-order valence-corrected chi connectivity index (χ3v) is 5.99. The van der Waals surface area contributed by atoms with Gasteiger partial charge in [-0.2, -0.15) is 0 Å². The number of carboxylic acids is 1. The third kappa shape index (κ3) is 4.99. The van der Waals surface area contributed by atoms with E-state index in [1.165, 1.54) is 23.5 Å². The summed E-state index contributed by atoms with van der Waals surface area (Å²) in [6, 6.07) is 16.6. The lowest BCUT2D eigenvalue weighted by atomic mass is 10.1. The van der Waals surface area contributed by atoms with E-state index >= 15 is 0 Å². The van der Waals surface area contributed by atoms with E-state index in [4.69, 9.17) is 5.11 Å². The number of carbonyl (C=O) groups excluding carboxylic acids is 3. The molecule has 4 amide bonds. The molecule has 2 aromatic carbocycles. The van der Waals surface area contributed by atoms with E-state index in [-0.39, 0.29) is 11.3 Å². The number of amides is 4. The highest BCUT2D eigenvalue weighted by atomic mass is 32.1. The Morgan fingerprint density at radius 2 is 1.85 bits per heavy atom. The zero-order valence-electron chi connectivity index (χ0n) is 17.5. The van der Waals surface area contributed by atoms with Crippen molar-refractivity contribution in [3.63, 3.8) is 0 Å². The number of aromatic carboxylic acids is 1. The zero-order valence-corrected chi connectivity index (χ0v) is 18.3. The standard InChI is InChI=1S/C24H19N3O5S/c1-14-5-7-17(8-6-14)25-21(28)13-27-22(29)19(26-24(27)32)12-18-9-10-20(33-18)15-3-2-4-16(11-15)23(30)31/h2-12H,13H2,1H3,(H,25,28)(H,26,32)(H,30,31). The molecule has 0 unspecified atom stereocenters. The van der Waals surface area contributed by atoms with Crippen LogP contribution in [0.2, 0.25) is 0 Å². The first kappa shape index (κ1) is 22.0. The topological polar surface area (TPSA) is 116 Å². The van der Waals surface area contributed by atoms with Crippen molar-refractivity contribution in [1.82, 2.24) is 10.2 Å². The zero-order chi connectivity index (χ0) is 23.5. The van der Waals surface area contributed by atoms with E-state index in [0.717, 1.165) is 20.9 Å². The number of carboxylic acid groups (broad SMARTS) is 1. The van der Waals surface area contributed by atoms with Crippen molar-refractivity contribution in [2.75, 3.05) is 11.9 Å². The SMILES string of the molecule is Cc1ccc(NC(=O)CN2C(=O)NC(=Cc3ccc(-c4cccc(C(=O)O)c4)s3)C2=O)cc1. The molecule has 1 saturated heterocycles. The number of benzene rings is 2. The Morgan fingerprint density at radius 3 is 2.58 bits per heavy atom. The van der Waals surface area contributed by atoms with Gasteiger partial charge in [0.05, 0.1) is 5.56 Å². The molecule has 9 heteroatoms. The van der Waals surface area contributed by atoms with Crippen LogP contribution in [0.25, 0.3) is 16.5 Å². The van der Waals surface area contributed by atoms with Crippen molar-refractivity contribution >= 4 is 46.9 Å². The number of urea groups is 1. The lowest BCUT2D eigenvalue weighted by Crippen LogP contribution is -2.38. The van der Waals surface area contributed by atoms with E-state index in [2.05, 4.69) is 10.6 Å². The number of thiophene rings is 1. The molecule has 0 saturated carbocycles. The van der Waals surface area contributed by atoms with Crippen LogP contribution in [0.4, 0.5) is 10.5 Å². The number of nitrogens with one attached hydrogen (secondary N) is 2. The van der Waals surface area contributed by atoms with Crippen molar-refractivity contribution in [2.24, 2.45) is 0 Å². The number of carbonyl (C=O) groups is 4. The average molecular weight is 461 g/mol. The fourth-order valence-corrected chi connectivity index (χ4v) is 4.18. The fraction of sp³-hybridized carbons (Fsp3) is 0.0833. The van der Waals surface area contributed by atoms with Gasteiger partial charge in [-0.3, -0.25) is 9.59 Å². The first-order valence-corrected chi connectivity index (χ1v) is 10.8. The summed E-state index contributed by atoms with van der Waals surface area (Å²) in [5.74, 6) is -2.09. The summed E-state index contributed by atoms with van der Waals surface area (Å²) in [5, 5.41) is 14.3. The lowest BCUT2D eigenvalue weighted by Gasteiger charge is -2.12. The molecule has 1 aliphatic heterocycles. The van der Waals surface area contributed by atoms with Gasteiger partial charge in [0.2, 0.25) is 5.91 Å². The predicted octanol–water partition coefficient (Wildman–Crippen LogP) is 3.95. The van der Waals surface area contributed by atoms with Crippen LogP contribution in [0.3, 0.4) is 0 Å². The first-order chi connectivity index (χ1) is 15.8. The van der Waals surface area contributed by atoms with Crippen LogP contribution in [0.5, 0.6) is 0 Å². The number of imide groups is 1. The van der Waals surface area contributed by atoms with E-state index in [1.54, 1.807) is 36.4 Å². The van der Waals surface area contributed by atoms with E-state index in [0.29, 0.717) is 10.6 Å². The summed E-state index contributed by atoms with van der Waals surface area (Å²) in [5.41, 5.74) is 2.60. The molecule has 1 aliphatic rings. The van der Waals surface area contributed by atoms with Gasteiger partial charge in [-0.25, -0.2) is 14.5 Å². The highest BCUT2D eigenvalue weighted by molar-refractivity contribution is 7.16. The summed E-state index contributed by atoms with van der Waals surface area (Å²) in [6.07, 6.45) is 1.54. The molecule has 8 nitrogen and oxygen atoms in total. The Morgan fingerprint density at radius 1 is 1.09 bits per heavy atom. The third-order valence-electron chi connectivity index (χ3n) is 4.91. The number of rotatable bonds is 6. The molecule has 3 aromatic rings. The van der Waals surface area contributed by atoms with Crippen LogP contribution in [0, 0.1) is 6.92 Å². The second-order valence-corrected chi connectivity index (χ2v) is 8.50. The number of nitrogens with zero attached hydrogens (tertiary/aromatic N) is 1. The van der Waals surface area contributed by atoms with E-state index in [1.807, 2.05) is 25.1 Å². The Bertz CT molecular complexity index is 1290. The van der Waals surface area contributed by atoms with Gasteiger partial charge in [0.1, 0.15) is 12.2 Å². The molecule has 0 bridgehead atoms. The van der Waals surface area contributed by atoms with Crippen molar-refractivity contribution in [2.45, 2.75) is 6.92 Å². The van der Waals surface area contributed by atoms with Crippen molar-refractivity contribution in [3.05, 3.63) is 82.4 Å². The van der Waals surface area contributed by atoms with Crippen molar-refractivity contribution < 1.29 is 24.3 Å². The molecule has 0 spiro atoms. The molecular formula is C24H19N3O5S. The maximum absolute atomic E-state index is 12.7. The Labute approximate surface area is 193 Å². The molecule has 1 aromatic heterocycles. The highest BCUT2D eigenvalue weighted by Crippen LogP contribution is 2.30. The van der Waals surface area contributed by atoms with Gasteiger partial charge in [0.25, 0.3) is 5.91 Å². The van der Waals surface area contributed by atoms with Crippen LogP contribution in [0.15, 0.2) is 66.4 Å². The maximum atomic E-state index is 12.7. The molecule has 33 heavy (non-hydrogen) atoms. The first-order valence-electron chi connectivity index (χ1n) is 9.95. The number of hydrogen-bond acceptors (Lipinski definition) is 5. The lowest BCUT2D eigenvalue weighted by molar-refractivity contribution is -0.127. The Kier molecular flexibility index (Phi) is 6.05. The number of aryl methyl sites for hydroxylation is 1. The second-order valence-electron chi connectivity index (χ2n) is 7.38. The molecule has 2 heterocycles. The molecule has 166 valence electrons. The molecule has 0 radical (unpaired) electrons. The fourth-order valence-electron chi connectivity index (χ4n) is 3.23. The summed E-state index contributed by atoms with van der Waals surface area (Å²) in [4.78, 5) is 50.8. The van der Waals surface area contributed by atoms with Crippen LogP contribution < -0.4 is 10.6 Å². The minimum Gasteiger partial charge on any atom is -0.478 e. The van der Waals surface area contributed by atoms with Crippen LogP contribution >= 0.6 is 11.3 Å². The van der Waals surface area contributed by atoms with Gasteiger partial charge < -0.3 is 15.7 Å². The van der Waals surface area contributed by atoms with E-state index in [9.17, 15) is 19.2 Å². The monoisotopic (exact) mass is 461 g/mol.